The van der Waals surface area contributed by atoms with Gasteiger partial charge in [-0.3, -0.25) is 4.52 Å². The number of ether oxygens (including phenoxy) is 1. The van der Waals surface area contributed by atoms with Gasteiger partial charge in [-0.1, -0.05) is 0 Å². The van der Waals surface area contributed by atoms with E-state index in [1.54, 1.807) is 0 Å². The molecule has 0 bridgehead atoms. The summed E-state index contributed by atoms with van der Waals surface area (Å²) in [5, 5.41) is 46.6. The van der Waals surface area contributed by atoms with Gasteiger partial charge in [-0.05, 0) is 0 Å². The zero-order valence-corrected chi connectivity index (χ0v) is 9.87. The molecule has 18 heavy (non-hydrogen) atoms. The summed E-state index contributed by atoms with van der Waals surface area (Å²) in [6.07, 6.45) is -10.4. The highest BCUT2D eigenvalue weighted by atomic mass is 31.2. The monoisotopic (exact) mass is 290 g/mol. The van der Waals surface area contributed by atoms with Gasteiger partial charge in [0.05, 0.1) is 6.61 Å². The fourth-order valence-corrected chi connectivity index (χ4v) is 1.82. The molecule has 0 aliphatic carbocycles. The van der Waals surface area contributed by atoms with E-state index in [0.29, 0.717) is 0 Å². The first-order valence-corrected chi connectivity index (χ1v) is 6.42. The lowest BCUT2D eigenvalue weighted by Gasteiger charge is -2.40. The molecular formula is C7H15O10P. The first kappa shape index (κ1) is 15.9. The summed E-state index contributed by atoms with van der Waals surface area (Å²) in [4.78, 5) is 16.8. The molecule has 0 aromatic carbocycles. The van der Waals surface area contributed by atoms with Crippen molar-refractivity contribution < 1.29 is 49.1 Å². The predicted molar refractivity (Wildman–Crippen MR) is 52.9 cm³/mol. The summed E-state index contributed by atoms with van der Waals surface area (Å²) in [5.74, 6) is 0. The highest BCUT2D eigenvalue weighted by molar-refractivity contribution is 7.46. The van der Waals surface area contributed by atoms with E-state index >= 15 is 0 Å². The Morgan fingerprint density at radius 2 is 1.67 bits per heavy atom. The topological polar surface area (TPSA) is 177 Å². The van der Waals surface area contributed by atoms with E-state index in [9.17, 15) is 19.9 Å². The molecule has 3 unspecified atom stereocenters. The number of aliphatic hydroxyl groups is 5. The van der Waals surface area contributed by atoms with Crippen LogP contribution in [0.25, 0.3) is 0 Å². The van der Waals surface area contributed by atoms with Gasteiger partial charge >= 0.3 is 7.82 Å². The van der Waals surface area contributed by atoms with Crippen LogP contribution in [0.2, 0.25) is 0 Å². The molecule has 108 valence electrons. The Hall–Kier alpha value is -0.130. The van der Waals surface area contributed by atoms with E-state index in [0.717, 1.165) is 0 Å². The summed E-state index contributed by atoms with van der Waals surface area (Å²) >= 11 is 0. The van der Waals surface area contributed by atoms with Gasteiger partial charge in [0.15, 0.2) is 6.29 Å². The Morgan fingerprint density at radius 3 is 2.17 bits per heavy atom. The van der Waals surface area contributed by atoms with E-state index in [2.05, 4.69) is 9.26 Å². The Labute approximate surface area is 101 Å². The van der Waals surface area contributed by atoms with Crippen molar-refractivity contribution in [2.24, 2.45) is 0 Å². The van der Waals surface area contributed by atoms with Gasteiger partial charge in [0, 0.05) is 0 Å². The Balaban J connectivity index is 2.62. The number of hydrogen-bond donors (Lipinski definition) is 7. The molecule has 0 aromatic rings. The molecule has 1 fully saturated rings. The zero-order valence-electron chi connectivity index (χ0n) is 8.97. The third-order valence-corrected chi connectivity index (χ3v) is 2.90. The van der Waals surface area contributed by atoms with E-state index in [1.165, 1.54) is 0 Å². The lowest BCUT2D eigenvalue weighted by molar-refractivity contribution is -0.298. The average molecular weight is 290 g/mol. The maximum atomic E-state index is 10.4. The number of hydrogen-bond acceptors (Lipinski definition) is 8. The van der Waals surface area contributed by atoms with Gasteiger partial charge in [0.1, 0.15) is 30.5 Å². The highest BCUT2D eigenvalue weighted by Crippen LogP contribution is 2.36. The molecule has 1 aliphatic heterocycles. The van der Waals surface area contributed by atoms with Crippen LogP contribution in [0.3, 0.4) is 0 Å². The van der Waals surface area contributed by atoms with Gasteiger partial charge in [0.25, 0.3) is 0 Å². The van der Waals surface area contributed by atoms with Gasteiger partial charge in [-0.25, -0.2) is 4.57 Å². The van der Waals surface area contributed by atoms with Gasteiger partial charge in [0.2, 0.25) is 0 Å². The Morgan fingerprint density at radius 1 is 1.11 bits per heavy atom. The van der Waals surface area contributed by atoms with E-state index < -0.39 is 51.2 Å². The van der Waals surface area contributed by atoms with Crippen molar-refractivity contribution in [3.05, 3.63) is 0 Å². The largest absolute Gasteiger partial charge is 0.469 e. The summed E-state index contributed by atoms with van der Waals surface area (Å²) < 4.78 is 19.0. The molecule has 0 radical (unpaired) electrons. The molecule has 0 aromatic heterocycles. The number of rotatable bonds is 4. The zero-order chi connectivity index (χ0) is 14.1. The number of phosphoric acid groups is 1. The fraction of sp³-hybridized carbons (Fsp3) is 1.00. The lowest BCUT2D eigenvalue weighted by atomic mass is 9.96. The average Bonchev–Trinajstić information content (AvgIpc) is 2.27. The minimum atomic E-state index is -4.80. The molecule has 10 nitrogen and oxygen atoms in total. The normalized spacial score (nSPS) is 39.6. The van der Waals surface area contributed by atoms with Crippen molar-refractivity contribution in [2.75, 3.05) is 6.61 Å². The molecule has 11 heteroatoms. The molecule has 0 amide bonds. The van der Waals surface area contributed by atoms with Gasteiger partial charge in [-0.15, -0.1) is 0 Å². The minimum absolute atomic E-state index is 0.887. The molecule has 1 saturated heterocycles. The van der Waals surface area contributed by atoms with Crippen LogP contribution in [-0.2, 0) is 13.8 Å². The molecule has 1 rings (SSSR count). The van der Waals surface area contributed by atoms with Crippen LogP contribution >= 0.6 is 7.82 Å². The van der Waals surface area contributed by atoms with E-state index in [4.69, 9.17) is 20.0 Å². The van der Waals surface area contributed by atoms with Crippen LogP contribution in [0.1, 0.15) is 0 Å². The van der Waals surface area contributed by atoms with Crippen molar-refractivity contribution in [1.29, 1.82) is 0 Å². The summed E-state index contributed by atoms with van der Waals surface area (Å²) in [5.41, 5.74) is 0. The first-order valence-electron chi connectivity index (χ1n) is 4.89. The molecule has 7 N–H and O–H groups in total. The van der Waals surface area contributed by atoms with Crippen LogP contribution in [0.4, 0.5) is 0 Å². The number of phosphoric ester groups is 1. The van der Waals surface area contributed by atoms with Crippen LogP contribution < -0.4 is 0 Å². The second kappa shape index (κ2) is 5.88. The Kier molecular flexibility index (Phi) is 5.21. The second-order valence-corrected chi connectivity index (χ2v) is 5.06. The summed E-state index contributed by atoms with van der Waals surface area (Å²) in [6, 6.07) is 0. The smallest absolute Gasteiger partial charge is 0.388 e. The molecular weight excluding hydrogens is 275 g/mol. The Bertz CT molecular complexity index is 317. The van der Waals surface area contributed by atoms with Crippen molar-refractivity contribution >= 4 is 7.82 Å². The van der Waals surface area contributed by atoms with Crippen LogP contribution in [-0.4, -0.2) is 78.7 Å². The fourth-order valence-electron chi connectivity index (χ4n) is 1.47. The predicted octanol–water partition coefficient (Wildman–Crippen LogP) is -3.74. The van der Waals surface area contributed by atoms with Crippen LogP contribution in [0.15, 0.2) is 0 Å². The summed E-state index contributed by atoms with van der Waals surface area (Å²) in [7, 11) is -4.80. The standard InChI is InChI=1S/C7H15O10P/c8-2(1-16-18(13,14)15)6-4(10)3(9)5(11)7(12)17-6/h2-12H,1H2,(H2,13,14,15)/t2-,3?,4+,5?,6?,7-/m1/s1. The third kappa shape index (κ3) is 3.93. The van der Waals surface area contributed by atoms with Gasteiger partial charge in [-0.2, -0.15) is 0 Å². The van der Waals surface area contributed by atoms with Crippen molar-refractivity contribution in [3.8, 4) is 0 Å². The van der Waals surface area contributed by atoms with Gasteiger partial charge < -0.3 is 40.1 Å². The van der Waals surface area contributed by atoms with E-state index in [-0.39, 0.29) is 0 Å². The van der Waals surface area contributed by atoms with Crippen LogP contribution in [0, 0.1) is 0 Å². The molecule has 6 atom stereocenters. The minimum Gasteiger partial charge on any atom is -0.388 e. The maximum Gasteiger partial charge on any atom is 0.469 e. The third-order valence-electron chi connectivity index (χ3n) is 2.42. The lowest BCUT2D eigenvalue weighted by Crippen LogP contribution is -2.61. The molecule has 1 heterocycles. The maximum absolute atomic E-state index is 10.4. The van der Waals surface area contributed by atoms with Crippen molar-refractivity contribution in [2.45, 2.75) is 36.8 Å². The SMILES string of the molecule is O=P(O)(O)OC[C@@H](O)C1O[C@@H](O)C(O)C(O)[C@@H]1O. The first-order chi connectivity index (χ1) is 8.13. The molecule has 1 aliphatic rings. The van der Waals surface area contributed by atoms with E-state index in [1.807, 2.05) is 0 Å². The molecule has 0 spiro atoms. The second-order valence-electron chi connectivity index (χ2n) is 3.82. The van der Waals surface area contributed by atoms with Crippen molar-refractivity contribution in [1.82, 2.24) is 0 Å². The summed E-state index contributed by atoms with van der Waals surface area (Å²) in [6.45, 7) is -0.887. The highest BCUT2D eigenvalue weighted by Gasteiger charge is 2.46. The molecule has 0 saturated carbocycles. The number of aliphatic hydroxyl groups excluding tert-OH is 5. The quantitative estimate of drug-likeness (QED) is 0.254. The van der Waals surface area contributed by atoms with Crippen molar-refractivity contribution in [3.63, 3.8) is 0 Å². The van der Waals surface area contributed by atoms with Crippen LogP contribution in [0.5, 0.6) is 0 Å².